The van der Waals surface area contributed by atoms with Crippen molar-refractivity contribution in [1.29, 1.82) is 0 Å². The fourth-order valence-corrected chi connectivity index (χ4v) is 3.58. The maximum Gasteiger partial charge on any atom is 0.0469 e. The Morgan fingerprint density at radius 1 is 1.16 bits per heavy atom. The molecule has 1 saturated heterocycles. The molecule has 2 rings (SSSR count). The minimum absolute atomic E-state index is 0.760. The Morgan fingerprint density at radius 3 is 2.68 bits per heavy atom. The Balaban J connectivity index is 1.72. The van der Waals surface area contributed by atoms with Crippen molar-refractivity contribution < 1.29 is 4.74 Å². The molecule has 0 amide bonds. The van der Waals surface area contributed by atoms with E-state index in [0.29, 0.717) is 0 Å². The molecule has 1 aliphatic carbocycles. The Hall–Kier alpha value is -0.120. The average molecular weight is 268 g/mol. The van der Waals surface area contributed by atoms with Gasteiger partial charge in [-0.05, 0) is 58.0 Å². The average Bonchev–Trinajstić information content (AvgIpc) is 2.46. The highest BCUT2D eigenvalue weighted by atomic mass is 16.5. The van der Waals surface area contributed by atoms with E-state index in [1.807, 2.05) is 0 Å². The molecule has 112 valence electrons. The van der Waals surface area contributed by atoms with Crippen molar-refractivity contribution in [2.24, 2.45) is 5.92 Å². The molecule has 1 aliphatic heterocycles. The lowest BCUT2D eigenvalue weighted by Crippen LogP contribution is -2.44. The first kappa shape index (κ1) is 15.3. The molecule has 1 heterocycles. The van der Waals surface area contributed by atoms with Crippen LogP contribution in [0.4, 0.5) is 0 Å². The van der Waals surface area contributed by atoms with Crippen LogP contribution in [0.3, 0.4) is 0 Å². The van der Waals surface area contributed by atoms with Crippen molar-refractivity contribution in [2.45, 2.75) is 64.0 Å². The molecular weight excluding hydrogens is 236 g/mol. The van der Waals surface area contributed by atoms with Gasteiger partial charge in [0.15, 0.2) is 0 Å². The summed E-state index contributed by atoms with van der Waals surface area (Å²) in [6, 6.07) is 1.56. The van der Waals surface area contributed by atoms with Crippen LogP contribution >= 0.6 is 0 Å². The third-order valence-corrected chi connectivity index (χ3v) is 4.84. The quantitative estimate of drug-likeness (QED) is 0.801. The minimum Gasteiger partial charge on any atom is -0.381 e. The van der Waals surface area contributed by atoms with E-state index in [1.165, 1.54) is 58.0 Å². The molecule has 1 saturated carbocycles. The highest BCUT2D eigenvalue weighted by molar-refractivity contribution is 4.83. The van der Waals surface area contributed by atoms with Crippen LogP contribution < -0.4 is 5.32 Å². The monoisotopic (exact) mass is 268 g/mol. The molecule has 0 radical (unpaired) electrons. The van der Waals surface area contributed by atoms with E-state index in [2.05, 4.69) is 24.2 Å². The van der Waals surface area contributed by atoms with Crippen LogP contribution in [0.1, 0.15) is 51.9 Å². The van der Waals surface area contributed by atoms with E-state index in [9.17, 15) is 0 Å². The Bertz CT molecular complexity index is 241. The molecule has 0 spiro atoms. The van der Waals surface area contributed by atoms with Crippen molar-refractivity contribution in [2.75, 3.05) is 33.4 Å². The zero-order valence-corrected chi connectivity index (χ0v) is 12.9. The predicted octanol–water partition coefficient (Wildman–Crippen LogP) is 2.66. The number of nitrogens with one attached hydrogen (secondary N) is 1. The van der Waals surface area contributed by atoms with E-state index in [4.69, 9.17) is 4.74 Å². The Kier molecular flexibility index (Phi) is 6.62. The summed E-state index contributed by atoms with van der Waals surface area (Å²) in [5, 5.41) is 3.71. The third-order valence-electron chi connectivity index (χ3n) is 4.84. The topological polar surface area (TPSA) is 24.5 Å². The van der Waals surface area contributed by atoms with Gasteiger partial charge in [0.25, 0.3) is 0 Å². The number of hydrogen-bond acceptors (Lipinski definition) is 3. The number of hydrogen-bond donors (Lipinski definition) is 1. The van der Waals surface area contributed by atoms with Gasteiger partial charge in [-0.2, -0.15) is 0 Å². The molecule has 2 fully saturated rings. The molecule has 0 aromatic carbocycles. The maximum atomic E-state index is 5.46. The molecule has 2 atom stereocenters. The second-order valence-corrected chi connectivity index (χ2v) is 6.47. The fourth-order valence-electron chi connectivity index (χ4n) is 3.58. The Morgan fingerprint density at radius 2 is 1.95 bits per heavy atom. The van der Waals surface area contributed by atoms with Gasteiger partial charge in [0.2, 0.25) is 0 Å². The van der Waals surface area contributed by atoms with Crippen molar-refractivity contribution in [3.63, 3.8) is 0 Å². The van der Waals surface area contributed by atoms with Crippen molar-refractivity contribution in [3.05, 3.63) is 0 Å². The zero-order valence-electron chi connectivity index (χ0n) is 12.9. The zero-order chi connectivity index (χ0) is 13.5. The molecule has 0 aromatic rings. The van der Waals surface area contributed by atoms with Crippen LogP contribution in [0.25, 0.3) is 0 Å². The predicted molar refractivity (Wildman–Crippen MR) is 80.5 cm³/mol. The van der Waals surface area contributed by atoms with E-state index >= 15 is 0 Å². The van der Waals surface area contributed by atoms with Gasteiger partial charge in [-0.15, -0.1) is 0 Å². The molecule has 3 nitrogen and oxygen atoms in total. The van der Waals surface area contributed by atoms with Gasteiger partial charge in [0, 0.05) is 31.8 Å². The normalized spacial score (nSPS) is 29.8. The molecular formula is C16H32N2O. The van der Waals surface area contributed by atoms with Gasteiger partial charge in [-0.1, -0.05) is 13.3 Å². The van der Waals surface area contributed by atoms with Gasteiger partial charge >= 0.3 is 0 Å². The summed E-state index contributed by atoms with van der Waals surface area (Å²) in [7, 11) is 2.34. The van der Waals surface area contributed by atoms with Crippen LogP contribution in [0.2, 0.25) is 0 Å². The molecule has 2 aliphatic rings. The summed E-state index contributed by atoms with van der Waals surface area (Å²) in [4.78, 5) is 2.63. The summed E-state index contributed by atoms with van der Waals surface area (Å²) in [5.74, 6) is 0.864. The van der Waals surface area contributed by atoms with Crippen LogP contribution in [0.5, 0.6) is 0 Å². The summed E-state index contributed by atoms with van der Waals surface area (Å²) < 4.78 is 5.46. The number of ether oxygens (including phenoxy) is 1. The van der Waals surface area contributed by atoms with Crippen LogP contribution in [-0.2, 0) is 4.74 Å². The molecule has 0 aromatic heterocycles. The van der Waals surface area contributed by atoms with Crippen LogP contribution in [-0.4, -0.2) is 50.3 Å². The van der Waals surface area contributed by atoms with Gasteiger partial charge in [-0.3, -0.25) is 0 Å². The first-order valence-electron chi connectivity index (χ1n) is 8.31. The van der Waals surface area contributed by atoms with Crippen LogP contribution in [0.15, 0.2) is 0 Å². The second kappa shape index (κ2) is 8.23. The highest BCUT2D eigenvalue weighted by Crippen LogP contribution is 2.24. The summed E-state index contributed by atoms with van der Waals surface area (Å²) >= 11 is 0. The summed E-state index contributed by atoms with van der Waals surface area (Å²) in [6.45, 7) is 6.66. The van der Waals surface area contributed by atoms with E-state index in [1.54, 1.807) is 0 Å². The van der Waals surface area contributed by atoms with Crippen molar-refractivity contribution >= 4 is 0 Å². The molecule has 19 heavy (non-hydrogen) atoms. The lowest BCUT2D eigenvalue weighted by Gasteiger charge is -2.38. The first-order valence-corrected chi connectivity index (χ1v) is 8.31. The van der Waals surface area contributed by atoms with Gasteiger partial charge in [0.05, 0.1) is 0 Å². The SMILES string of the molecule is CCCNC1CCCC(N(C)CC2CCOCC2)C1. The molecule has 1 N–H and O–H groups in total. The number of rotatable bonds is 6. The summed E-state index contributed by atoms with van der Waals surface area (Å²) in [5.41, 5.74) is 0. The molecule has 3 heteroatoms. The van der Waals surface area contributed by atoms with E-state index in [-0.39, 0.29) is 0 Å². The smallest absolute Gasteiger partial charge is 0.0469 e. The van der Waals surface area contributed by atoms with Gasteiger partial charge in [-0.25, -0.2) is 0 Å². The fraction of sp³-hybridized carbons (Fsp3) is 1.00. The molecule has 2 unspecified atom stereocenters. The summed E-state index contributed by atoms with van der Waals surface area (Å²) in [6.07, 6.45) is 9.28. The maximum absolute atomic E-state index is 5.46. The van der Waals surface area contributed by atoms with Crippen LogP contribution in [0, 0.1) is 5.92 Å². The van der Waals surface area contributed by atoms with E-state index in [0.717, 1.165) is 31.2 Å². The number of nitrogens with zero attached hydrogens (tertiary/aromatic N) is 1. The third kappa shape index (κ3) is 5.05. The van der Waals surface area contributed by atoms with Crippen molar-refractivity contribution in [1.82, 2.24) is 10.2 Å². The van der Waals surface area contributed by atoms with Gasteiger partial charge in [0.1, 0.15) is 0 Å². The molecule has 0 bridgehead atoms. The lowest BCUT2D eigenvalue weighted by molar-refractivity contribution is 0.0458. The standard InChI is InChI=1S/C16H32N2O/c1-3-9-17-15-5-4-6-16(12-15)18(2)13-14-7-10-19-11-8-14/h14-17H,3-13H2,1-2H3. The largest absolute Gasteiger partial charge is 0.381 e. The Labute approximate surface area is 119 Å². The van der Waals surface area contributed by atoms with Gasteiger partial charge < -0.3 is 15.0 Å². The second-order valence-electron chi connectivity index (χ2n) is 6.47. The highest BCUT2D eigenvalue weighted by Gasteiger charge is 2.26. The minimum atomic E-state index is 0.760. The first-order chi connectivity index (χ1) is 9.29. The lowest BCUT2D eigenvalue weighted by atomic mass is 9.89. The van der Waals surface area contributed by atoms with E-state index < -0.39 is 0 Å². The van der Waals surface area contributed by atoms with Crippen molar-refractivity contribution in [3.8, 4) is 0 Å².